The molecule has 0 unspecified atom stereocenters. The second-order valence-electron chi connectivity index (χ2n) is 5.96. The summed E-state index contributed by atoms with van der Waals surface area (Å²) in [5.41, 5.74) is 1.89. The fourth-order valence-electron chi connectivity index (χ4n) is 2.34. The van der Waals surface area contributed by atoms with Crippen LogP contribution in [0.2, 0.25) is 5.02 Å². The molecule has 0 aliphatic carbocycles. The molecule has 3 aromatic rings. The Labute approximate surface area is 155 Å². The van der Waals surface area contributed by atoms with E-state index in [2.05, 4.69) is 15.0 Å². The molecule has 3 rings (SSSR count). The average molecular weight is 373 g/mol. The molecule has 1 heterocycles. The van der Waals surface area contributed by atoms with Gasteiger partial charge in [-0.15, -0.1) is 0 Å². The molecule has 0 saturated carbocycles. The van der Waals surface area contributed by atoms with Crippen LogP contribution >= 0.6 is 11.6 Å². The van der Waals surface area contributed by atoms with Crippen LogP contribution in [0.3, 0.4) is 0 Å². The van der Waals surface area contributed by atoms with Crippen LogP contribution in [0, 0.1) is 5.82 Å². The average Bonchev–Trinajstić information content (AvgIpc) is 2.61. The third-order valence-electron chi connectivity index (χ3n) is 3.48. The summed E-state index contributed by atoms with van der Waals surface area (Å²) in [6, 6.07) is 12.1. The molecular weight excluding hydrogens is 355 g/mol. The molecule has 0 spiro atoms. The van der Waals surface area contributed by atoms with E-state index in [0.717, 1.165) is 5.56 Å². The number of benzene rings is 2. The van der Waals surface area contributed by atoms with Gasteiger partial charge in [-0.05, 0) is 43.7 Å². The number of nitrogens with zero attached hydrogens (tertiary/aromatic N) is 4. The number of halogens is 2. The molecule has 0 aliphatic rings. The summed E-state index contributed by atoms with van der Waals surface area (Å²) in [7, 11) is 0. The minimum atomic E-state index is -0.460. The summed E-state index contributed by atoms with van der Waals surface area (Å²) in [5, 5.41) is 0.673. The van der Waals surface area contributed by atoms with Gasteiger partial charge in [-0.3, -0.25) is 4.57 Å². The van der Waals surface area contributed by atoms with Gasteiger partial charge >= 0.3 is 0 Å². The fourth-order valence-corrected chi connectivity index (χ4v) is 2.46. The third-order valence-corrected chi connectivity index (χ3v) is 3.73. The van der Waals surface area contributed by atoms with Crippen LogP contribution in [-0.2, 0) is 6.54 Å². The minimum absolute atomic E-state index is 0.101. The predicted molar refractivity (Wildman–Crippen MR) is 98.0 cm³/mol. The Balaban J connectivity index is 1.91. The van der Waals surface area contributed by atoms with Crippen LogP contribution in [0.5, 0.6) is 5.75 Å². The van der Waals surface area contributed by atoms with Crippen molar-refractivity contribution in [3.8, 4) is 5.75 Å². The van der Waals surface area contributed by atoms with Crippen LogP contribution in [0.25, 0.3) is 0 Å². The molecule has 0 N–H and O–H groups in total. The van der Waals surface area contributed by atoms with Crippen molar-refractivity contribution in [3.63, 3.8) is 0 Å². The van der Waals surface area contributed by atoms with Crippen LogP contribution in [0.15, 0.2) is 60.1 Å². The highest BCUT2D eigenvalue weighted by molar-refractivity contribution is 6.30. The van der Waals surface area contributed by atoms with Crippen LogP contribution < -0.4 is 10.4 Å². The van der Waals surface area contributed by atoms with Crippen molar-refractivity contribution >= 4 is 17.3 Å². The topological polar surface area (TPSA) is 52.3 Å². The summed E-state index contributed by atoms with van der Waals surface area (Å²) in [5.74, 6) is -0.256. The molecule has 26 heavy (non-hydrogen) atoms. The highest BCUT2D eigenvalue weighted by Crippen LogP contribution is 2.23. The Morgan fingerprint density at radius 2 is 1.96 bits per heavy atom. The van der Waals surface area contributed by atoms with Crippen molar-refractivity contribution in [2.45, 2.75) is 26.5 Å². The zero-order chi connectivity index (χ0) is 18.5. The number of hydrogen-bond acceptors (Lipinski definition) is 4. The summed E-state index contributed by atoms with van der Waals surface area (Å²) >= 11 is 5.92. The van der Waals surface area contributed by atoms with Crippen LogP contribution in [-0.4, -0.2) is 20.6 Å². The number of ether oxygens (including phenoxy) is 1. The van der Waals surface area contributed by atoms with Gasteiger partial charge < -0.3 is 4.74 Å². The number of aromatic nitrogens is 3. The van der Waals surface area contributed by atoms with Crippen LogP contribution in [0.1, 0.15) is 19.4 Å². The van der Waals surface area contributed by atoms with Crippen molar-refractivity contribution in [2.75, 3.05) is 0 Å². The summed E-state index contributed by atoms with van der Waals surface area (Å²) in [4.78, 5) is 12.7. The first-order valence-corrected chi connectivity index (χ1v) is 8.51. The molecule has 1 aromatic heterocycles. The van der Waals surface area contributed by atoms with Gasteiger partial charge in [0.1, 0.15) is 6.33 Å². The number of rotatable bonds is 5. The van der Waals surface area contributed by atoms with E-state index in [-0.39, 0.29) is 11.9 Å². The van der Waals surface area contributed by atoms with Crippen molar-refractivity contribution < 1.29 is 9.13 Å². The second kappa shape index (κ2) is 8.10. The molecular formula is C19H18ClFN4O. The van der Waals surface area contributed by atoms with Crippen molar-refractivity contribution in [1.82, 2.24) is 14.5 Å². The van der Waals surface area contributed by atoms with E-state index >= 15 is 0 Å². The maximum atomic E-state index is 14.2. The lowest BCUT2D eigenvalue weighted by Gasteiger charge is -2.10. The smallest absolute Gasteiger partial charge is 0.232 e. The molecule has 0 radical (unpaired) electrons. The highest BCUT2D eigenvalue weighted by atomic mass is 35.5. The first kappa shape index (κ1) is 18.1. The van der Waals surface area contributed by atoms with Gasteiger partial charge in [0, 0.05) is 11.1 Å². The molecule has 134 valence electrons. The molecule has 0 saturated heterocycles. The lowest BCUT2D eigenvalue weighted by atomic mass is 10.2. The lowest BCUT2D eigenvalue weighted by molar-refractivity contribution is 0.231. The normalized spacial score (nSPS) is 11.8. The minimum Gasteiger partial charge on any atom is -0.488 e. The highest BCUT2D eigenvalue weighted by Gasteiger charge is 2.07. The van der Waals surface area contributed by atoms with E-state index in [9.17, 15) is 4.39 Å². The monoisotopic (exact) mass is 372 g/mol. The Kier molecular flexibility index (Phi) is 5.63. The van der Waals surface area contributed by atoms with Gasteiger partial charge in [0.15, 0.2) is 11.6 Å². The SMILES string of the molecule is CC(C)Oc1ccc(N=c2ncncn2Cc2ccc(Cl)cc2)cc1F. The molecule has 0 fully saturated rings. The van der Waals surface area contributed by atoms with E-state index in [4.69, 9.17) is 16.3 Å². The molecule has 0 aliphatic heterocycles. The van der Waals surface area contributed by atoms with Gasteiger partial charge in [-0.25, -0.2) is 19.4 Å². The molecule has 0 amide bonds. The van der Waals surface area contributed by atoms with Gasteiger partial charge in [-0.1, -0.05) is 23.7 Å². The Hall–Kier alpha value is -2.73. The zero-order valence-corrected chi connectivity index (χ0v) is 15.2. The molecule has 2 aromatic carbocycles. The van der Waals surface area contributed by atoms with E-state index in [1.54, 1.807) is 23.0 Å². The van der Waals surface area contributed by atoms with Crippen molar-refractivity contribution in [1.29, 1.82) is 0 Å². The van der Waals surface area contributed by atoms with Gasteiger partial charge in [0.25, 0.3) is 0 Å². The van der Waals surface area contributed by atoms with Gasteiger partial charge in [0.2, 0.25) is 5.62 Å². The van der Waals surface area contributed by atoms with E-state index in [1.165, 1.54) is 12.4 Å². The molecule has 7 heteroatoms. The quantitative estimate of drug-likeness (QED) is 0.676. The first-order chi connectivity index (χ1) is 12.5. The van der Waals surface area contributed by atoms with E-state index in [0.29, 0.717) is 22.9 Å². The molecule has 5 nitrogen and oxygen atoms in total. The van der Waals surface area contributed by atoms with E-state index in [1.807, 2.05) is 38.1 Å². The largest absolute Gasteiger partial charge is 0.488 e. The van der Waals surface area contributed by atoms with Gasteiger partial charge in [-0.2, -0.15) is 0 Å². The standard InChI is InChI=1S/C19H18ClFN4O/c1-13(2)26-18-8-7-16(9-17(18)21)24-19-23-11-22-12-25(19)10-14-3-5-15(20)6-4-14/h3-9,11-13H,10H2,1-2H3. The number of hydrogen-bond donors (Lipinski definition) is 0. The third kappa shape index (κ3) is 4.67. The summed E-state index contributed by atoms with van der Waals surface area (Å²) in [6.45, 7) is 4.21. The maximum absolute atomic E-state index is 14.2. The Bertz CT molecular complexity index is 954. The Morgan fingerprint density at radius 1 is 1.19 bits per heavy atom. The van der Waals surface area contributed by atoms with Gasteiger partial charge in [0.05, 0.1) is 24.7 Å². The zero-order valence-electron chi connectivity index (χ0n) is 14.4. The second-order valence-corrected chi connectivity index (χ2v) is 6.39. The molecule has 0 atom stereocenters. The van der Waals surface area contributed by atoms with Crippen LogP contribution in [0.4, 0.5) is 10.1 Å². The molecule has 0 bridgehead atoms. The van der Waals surface area contributed by atoms with Crippen molar-refractivity contribution in [3.05, 3.63) is 77.1 Å². The maximum Gasteiger partial charge on any atom is 0.232 e. The first-order valence-electron chi connectivity index (χ1n) is 8.13. The summed E-state index contributed by atoms with van der Waals surface area (Å²) in [6.07, 6.45) is 2.94. The lowest BCUT2D eigenvalue weighted by Crippen LogP contribution is -2.24. The van der Waals surface area contributed by atoms with E-state index < -0.39 is 5.82 Å². The fraction of sp³-hybridized carbons (Fsp3) is 0.211. The predicted octanol–water partition coefficient (Wildman–Crippen LogP) is 4.14. The Morgan fingerprint density at radius 3 is 2.65 bits per heavy atom. The van der Waals surface area contributed by atoms with Crippen molar-refractivity contribution in [2.24, 2.45) is 4.99 Å². The summed E-state index contributed by atoms with van der Waals surface area (Å²) < 4.78 is 21.3.